The molecule has 3 saturated carbocycles. The molecule has 5 rings (SSSR count). The lowest BCUT2D eigenvalue weighted by molar-refractivity contribution is -0.141. The van der Waals surface area contributed by atoms with E-state index in [0.29, 0.717) is 22.8 Å². The number of carbonyl (C=O) groups is 2. The van der Waals surface area contributed by atoms with Gasteiger partial charge in [-0.1, -0.05) is 44.5 Å². The number of benzene rings is 1. The summed E-state index contributed by atoms with van der Waals surface area (Å²) in [5, 5.41) is 2.79. The average molecular weight is 439 g/mol. The average Bonchev–Trinajstić information content (AvgIpc) is 3.17. The van der Waals surface area contributed by atoms with Crippen molar-refractivity contribution >= 4 is 11.8 Å². The van der Waals surface area contributed by atoms with E-state index in [-0.39, 0.29) is 35.3 Å². The van der Waals surface area contributed by atoms with Crippen LogP contribution in [-0.4, -0.2) is 29.8 Å². The zero-order valence-corrected chi connectivity index (χ0v) is 19.5. The summed E-state index contributed by atoms with van der Waals surface area (Å²) in [4.78, 5) is 28.1. The van der Waals surface area contributed by atoms with Crippen molar-refractivity contribution in [1.29, 1.82) is 0 Å². The van der Waals surface area contributed by atoms with Crippen LogP contribution in [0.25, 0.3) is 0 Å². The summed E-state index contributed by atoms with van der Waals surface area (Å²) in [5.41, 5.74) is 0.931. The van der Waals surface area contributed by atoms with Crippen molar-refractivity contribution in [1.82, 2.24) is 10.2 Å². The van der Waals surface area contributed by atoms with Crippen molar-refractivity contribution in [2.45, 2.75) is 71.4 Å². The second-order valence-corrected chi connectivity index (χ2v) is 11.2. The number of rotatable bonds is 3. The van der Waals surface area contributed by atoms with E-state index in [4.69, 9.17) is 0 Å². The number of hydrogen-bond donors (Lipinski definition) is 1. The van der Waals surface area contributed by atoms with Gasteiger partial charge < -0.3 is 10.2 Å². The Morgan fingerprint density at radius 2 is 1.91 bits per heavy atom. The van der Waals surface area contributed by atoms with Crippen molar-refractivity contribution in [3.63, 3.8) is 0 Å². The number of hydrogen-bond acceptors (Lipinski definition) is 2. The smallest absolute Gasteiger partial charge is 0.259 e. The summed E-state index contributed by atoms with van der Waals surface area (Å²) < 4.78 is 14.0. The molecule has 0 spiro atoms. The molecular formula is C27H35FN2O2. The fraction of sp³-hybridized carbons (Fsp3) is 0.630. The fourth-order valence-corrected chi connectivity index (χ4v) is 7.96. The van der Waals surface area contributed by atoms with Crippen LogP contribution in [0.2, 0.25) is 0 Å². The summed E-state index contributed by atoms with van der Waals surface area (Å²) in [7, 11) is 1.85. The first kappa shape index (κ1) is 21.7. The molecule has 4 nitrogen and oxygen atoms in total. The van der Waals surface area contributed by atoms with Crippen LogP contribution in [-0.2, 0) is 16.1 Å². The molecule has 32 heavy (non-hydrogen) atoms. The normalized spacial score (nSPS) is 38.4. The minimum atomic E-state index is -0.395. The Bertz CT molecular complexity index is 974. The summed E-state index contributed by atoms with van der Waals surface area (Å²) >= 11 is 0. The lowest BCUT2D eigenvalue weighted by Crippen LogP contribution is -2.61. The van der Waals surface area contributed by atoms with Gasteiger partial charge in [0, 0.05) is 30.6 Å². The SMILES string of the molecule is CN1C(=O)C(C(=O)NCc2ccccc2F)=C[C@@]2(C)C1CC[C@@H]1[C@H]2CC[C@]2(C)CCC[C@@H]12. The number of halogens is 1. The molecule has 1 N–H and O–H groups in total. The van der Waals surface area contributed by atoms with E-state index in [2.05, 4.69) is 19.2 Å². The van der Waals surface area contributed by atoms with Crippen LogP contribution in [0.4, 0.5) is 4.39 Å². The van der Waals surface area contributed by atoms with Crippen molar-refractivity contribution in [2.24, 2.45) is 28.6 Å². The molecule has 1 aromatic rings. The van der Waals surface area contributed by atoms with Gasteiger partial charge in [0.15, 0.2) is 0 Å². The number of amides is 2. The summed E-state index contributed by atoms with van der Waals surface area (Å²) in [5.74, 6) is 0.999. The van der Waals surface area contributed by atoms with E-state index >= 15 is 0 Å². The predicted octanol–water partition coefficient (Wildman–Crippen LogP) is 4.84. The molecule has 1 unspecified atom stereocenters. The molecule has 172 valence electrons. The van der Waals surface area contributed by atoms with Gasteiger partial charge in [-0.2, -0.15) is 0 Å². The van der Waals surface area contributed by atoms with Crippen LogP contribution in [0.15, 0.2) is 35.9 Å². The summed E-state index contributed by atoms with van der Waals surface area (Å²) in [6.45, 7) is 4.84. The number of nitrogens with one attached hydrogen (secondary N) is 1. The first-order chi connectivity index (χ1) is 15.2. The minimum absolute atomic E-state index is 0.0759. The van der Waals surface area contributed by atoms with Gasteiger partial charge in [0.2, 0.25) is 0 Å². The van der Waals surface area contributed by atoms with Crippen LogP contribution in [0.3, 0.4) is 0 Å². The molecule has 0 radical (unpaired) electrons. The number of likely N-dealkylation sites (N-methyl/N-ethyl adjacent to an activating group) is 1. The Kier molecular flexibility index (Phi) is 5.22. The number of fused-ring (bicyclic) bond motifs is 5. The Morgan fingerprint density at radius 1 is 1.12 bits per heavy atom. The summed E-state index contributed by atoms with van der Waals surface area (Å²) in [6.07, 6.45) is 10.6. The standard InChI is InChI=1S/C27H35FN2O2/c1-26-13-6-8-20(26)18-10-11-23-27(2,21(18)12-14-26)15-19(25(32)30(23)3)24(31)29-16-17-7-4-5-9-22(17)28/h4-5,7,9,15,18,20-21,23H,6,8,10-14,16H2,1-3H3,(H,29,31)/t18-,20-,21+,23?,26-,27+/m0/s1. The van der Waals surface area contributed by atoms with Crippen LogP contribution < -0.4 is 5.32 Å². The van der Waals surface area contributed by atoms with Gasteiger partial charge >= 0.3 is 0 Å². The van der Waals surface area contributed by atoms with Crippen molar-refractivity contribution in [2.75, 3.05) is 7.05 Å². The topological polar surface area (TPSA) is 49.4 Å². The second kappa shape index (κ2) is 7.71. The third kappa shape index (κ3) is 3.22. The fourth-order valence-electron chi connectivity index (χ4n) is 7.96. The minimum Gasteiger partial charge on any atom is -0.348 e. The second-order valence-electron chi connectivity index (χ2n) is 11.2. The lowest BCUT2D eigenvalue weighted by atomic mass is 9.48. The number of carbonyl (C=O) groups excluding carboxylic acids is 2. The third-order valence-electron chi connectivity index (χ3n) is 9.62. The molecule has 1 heterocycles. The monoisotopic (exact) mass is 438 g/mol. The third-order valence-corrected chi connectivity index (χ3v) is 9.62. The lowest BCUT2D eigenvalue weighted by Gasteiger charge is -2.60. The van der Waals surface area contributed by atoms with Gasteiger partial charge in [0.25, 0.3) is 11.8 Å². The molecular weight excluding hydrogens is 403 g/mol. The van der Waals surface area contributed by atoms with Gasteiger partial charge in [-0.3, -0.25) is 9.59 Å². The van der Waals surface area contributed by atoms with Crippen molar-refractivity contribution < 1.29 is 14.0 Å². The first-order valence-corrected chi connectivity index (χ1v) is 12.3. The maximum Gasteiger partial charge on any atom is 0.259 e. The maximum atomic E-state index is 14.0. The highest BCUT2D eigenvalue weighted by atomic mass is 19.1. The molecule has 3 fully saturated rings. The quantitative estimate of drug-likeness (QED) is 0.687. The molecule has 1 aromatic carbocycles. The predicted molar refractivity (Wildman–Crippen MR) is 122 cm³/mol. The van der Waals surface area contributed by atoms with E-state index in [1.54, 1.807) is 18.2 Å². The zero-order chi connectivity index (χ0) is 22.7. The van der Waals surface area contributed by atoms with E-state index in [0.717, 1.165) is 12.3 Å². The first-order valence-electron chi connectivity index (χ1n) is 12.3. The molecule has 0 saturated heterocycles. The van der Waals surface area contributed by atoms with Gasteiger partial charge in [-0.05, 0) is 67.8 Å². The zero-order valence-electron chi connectivity index (χ0n) is 19.5. The Morgan fingerprint density at radius 3 is 2.69 bits per heavy atom. The Balaban J connectivity index is 1.43. The Hall–Kier alpha value is -2.17. The van der Waals surface area contributed by atoms with Gasteiger partial charge in [-0.15, -0.1) is 0 Å². The van der Waals surface area contributed by atoms with E-state index in [1.807, 2.05) is 18.0 Å². The molecule has 6 atom stereocenters. The highest BCUT2D eigenvalue weighted by molar-refractivity contribution is 6.19. The molecule has 0 aromatic heterocycles. The van der Waals surface area contributed by atoms with Crippen LogP contribution in [0.5, 0.6) is 0 Å². The highest BCUT2D eigenvalue weighted by Crippen LogP contribution is 2.64. The summed E-state index contributed by atoms with van der Waals surface area (Å²) in [6, 6.07) is 6.56. The molecule has 5 heteroatoms. The van der Waals surface area contributed by atoms with E-state index in [9.17, 15) is 14.0 Å². The van der Waals surface area contributed by atoms with Gasteiger partial charge in [0.1, 0.15) is 11.4 Å². The Labute approximate surface area is 190 Å². The molecule has 2 amide bonds. The van der Waals surface area contributed by atoms with Crippen molar-refractivity contribution in [3.8, 4) is 0 Å². The van der Waals surface area contributed by atoms with Gasteiger partial charge in [0.05, 0.1) is 0 Å². The molecule has 4 aliphatic rings. The van der Waals surface area contributed by atoms with Gasteiger partial charge in [-0.25, -0.2) is 4.39 Å². The van der Waals surface area contributed by atoms with E-state index < -0.39 is 5.91 Å². The molecule has 3 aliphatic carbocycles. The largest absolute Gasteiger partial charge is 0.348 e. The molecule has 0 bridgehead atoms. The number of nitrogens with zero attached hydrogens (tertiary/aromatic N) is 1. The van der Waals surface area contributed by atoms with Crippen LogP contribution in [0.1, 0.15) is 64.4 Å². The van der Waals surface area contributed by atoms with Crippen molar-refractivity contribution in [3.05, 3.63) is 47.3 Å². The van der Waals surface area contributed by atoms with Crippen LogP contribution in [0, 0.1) is 34.4 Å². The van der Waals surface area contributed by atoms with Crippen LogP contribution >= 0.6 is 0 Å². The van der Waals surface area contributed by atoms with E-state index in [1.165, 1.54) is 44.6 Å². The maximum absolute atomic E-state index is 14.0. The molecule has 1 aliphatic heterocycles. The highest BCUT2D eigenvalue weighted by Gasteiger charge is 2.59.